The number of likely N-dealkylation sites (N-methyl/N-ethyl adjacent to an activating group) is 2. The fourth-order valence-corrected chi connectivity index (χ4v) is 4.65. The number of ether oxygens (including phenoxy) is 1. The molecule has 0 N–H and O–H groups in total. The molecule has 3 aromatic carbocycles. The van der Waals surface area contributed by atoms with Gasteiger partial charge in [-0.25, -0.2) is 0 Å². The summed E-state index contributed by atoms with van der Waals surface area (Å²) in [6.07, 6.45) is 3.56. The van der Waals surface area contributed by atoms with E-state index in [0.29, 0.717) is 12.2 Å². The molecule has 5 nitrogen and oxygen atoms in total. The van der Waals surface area contributed by atoms with E-state index in [1.807, 2.05) is 44.4 Å². The molecule has 1 fully saturated rings. The van der Waals surface area contributed by atoms with Gasteiger partial charge in [-0.05, 0) is 82.5 Å². The van der Waals surface area contributed by atoms with Gasteiger partial charge in [0, 0.05) is 49.5 Å². The molecule has 0 bridgehead atoms. The minimum absolute atomic E-state index is 0.00739. The monoisotopic (exact) mass is 497 g/mol. The highest BCUT2D eigenvalue weighted by atomic mass is 16.5. The van der Waals surface area contributed by atoms with E-state index in [2.05, 4.69) is 72.0 Å². The number of carbonyl (C=O) groups is 1. The van der Waals surface area contributed by atoms with Crippen molar-refractivity contribution in [2.75, 3.05) is 65.4 Å². The smallest absolute Gasteiger partial charge is 0.185 e. The minimum atomic E-state index is -0.00739. The number of ketones is 1. The first-order valence-electron chi connectivity index (χ1n) is 13.0. The van der Waals surface area contributed by atoms with Crippen LogP contribution in [0, 0.1) is 13.8 Å². The third-order valence-electron chi connectivity index (χ3n) is 6.77. The van der Waals surface area contributed by atoms with Crippen molar-refractivity contribution in [1.29, 1.82) is 0 Å². The average molecular weight is 498 g/mol. The molecule has 0 unspecified atom stereocenters. The molecule has 1 aliphatic rings. The summed E-state index contributed by atoms with van der Waals surface area (Å²) in [6, 6.07) is 20.8. The van der Waals surface area contributed by atoms with Gasteiger partial charge < -0.3 is 19.4 Å². The van der Waals surface area contributed by atoms with Crippen LogP contribution in [0.2, 0.25) is 0 Å². The van der Waals surface area contributed by atoms with Crippen molar-refractivity contribution in [3.8, 4) is 16.9 Å². The van der Waals surface area contributed by atoms with Gasteiger partial charge in [-0.15, -0.1) is 0 Å². The van der Waals surface area contributed by atoms with Gasteiger partial charge in [-0.1, -0.05) is 47.5 Å². The van der Waals surface area contributed by atoms with Crippen LogP contribution in [0.5, 0.6) is 5.75 Å². The van der Waals surface area contributed by atoms with Crippen LogP contribution < -0.4 is 9.64 Å². The highest BCUT2D eigenvalue weighted by Crippen LogP contribution is 2.29. The largest absolute Gasteiger partial charge is 0.492 e. The molecule has 1 aliphatic heterocycles. The number of allylic oxidation sites excluding steroid dienone is 1. The van der Waals surface area contributed by atoms with Crippen LogP contribution in [0.25, 0.3) is 17.2 Å². The van der Waals surface area contributed by atoms with Crippen molar-refractivity contribution < 1.29 is 9.53 Å². The number of anilines is 1. The Hall–Kier alpha value is -3.41. The lowest BCUT2D eigenvalue weighted by Gasteiger charge is -2.34. The van der Waals surface area contributed by atoms with E-state index in [1.54, 1.807) is 6.08 Å². The van der Waals surface area contributed by atoms with Crippen LogP contribution in [0.3, 0.4) is 0 Å². The quantitative estimate of drug-likeness (QED) is 0.286. The Kier molecular flexibility index (Phi) is 8.80. The lowest BCUT2D eigenvalue weighted by atomic mass is 9.98. The van der Waals surface area contributed by atoms with E-state index in [0.717, 1.165) is 60.9 Å². The van der Waals surface area contributed by atoms with Gasteiger partial charge >= 0.3 is 0 Å². The number of hydrogen-bond acceptors (Lipinski definition) is 5. The molecule has 0 aliphatic carbocycles. The lowest BCUT2D eigenvalue weighted by Crippen LogP contribution is -2.44. The van der Waals surface area contributed by atoms with Gasteiger partial charge in [0.25, 0.3) is 0 Å². The second kappa shape index (κ2) is 12.2. The molecular formula is C32H39N3O2. The molecule has 1 heterocycles. The van der Waals surface area contributed by atoms with Crippen LogP contribution in [-0.4, -0.2) is 76.1 Å². The molecule has 0 aromatic heterocycles. The van der Waals surface area contributed by atoms with Gasteiger partial charge in [-0.2, -0.15) is 0 Å². The number of hydrogen-bond donors (Lipinski definition) is 0. The van der Waals surface area contributed by atoms with Gasteiger partial charge in [0.1, 0.15) is 12.4 Å². The Labute approximate surface area is 222 Å². The summed E-state index contributed by atoms with van der Waals surface area (Å²) in [4.78, 5) is 20.0. The van der Waals surface area contributed by atoms with Crippen molar-refractivity contribution in [3.63, 3.8) is 0 Å². The molecule has 194 valence electrons. The number of piperazine rings is 1. The third-order valence-corrected chi connectivity index (χ3v) is 6.77. The second-order valence-corrected chi connectivity index (χ2v) is 10.3. The van der Waals surface area contributed by atoms with E-state index in [9.17, 15) is 4.79 Å². The van der Waals surface area contributed by atoms with Gasteiger partial charge in [0.05, 0.1) is 0 Å². The van der Waals surface area contributed by atoms with Crippen molar-refractivity contribution in [2.24, 2.45) is 0 Å². The summed E-state index contributed by atoms with van der Waals surface area (Å²) in [7, 11) is 6.21. The number of benzene rings is 3. The Morgan fingerprint density at radius 1 is 0.919 bits per heavy atom. The number of carbonyl (C=O) groups excluding carboxylic acids is 1. The van der Waals surface area contributed by atoms with E-state index in [4.69, 9.17) is 4.74 Å². The van der Waals surface area contributed by atoms with Crippen LogP contribution in [0.4, 0.5) is 5.69 Å². The molecule has 4 rings (SSSR count). The zero-order chi connectivity index (χ0) is 26.4. The van der Waals surface area contributed by atoms with Gasteiger partial charge in [-0.3, -0.25) is 4.79 Å². The Morgan fingerprint density at radius 2 is 1.65 bits per heavy atom. The maximum atomic E-state index is 13.2. The zero-order valence-electron chi connectivity index (χ0n) is 22.8. The number of nitrogens with zero attached hydrogens (tertiary/aromatic N) is 3. The SMILES string of the molecule is Cc1cc(C)cc(-c2ccc(OCCN(C)C)c(C=CC(=O)c3cccc(N4CCN(C)CC4)c3)c2)c1. The Balaban J connectivity index is 1.58. The summed E-state index contributed by atoms with van der Waals surface area (Å²) in [5.41, 5.74) is 7.45. The maximum Gasteiger partial charge on any atom is 0.185 e. The van der Waals surface area contributed by atoms with Gasteiger partial charge in [0.15, 0.2) is 5.78 Å². The number of aryl methyl sites for hydroxylation is 2. The van der Waals surface area contributed by atoms with E-state index >= 15 is 0 Å². The molecule has 3 aromatic rings. The minimum Gasteiger partial charge on any atom is -0.492 e. The summed E-state index contributed by atoms with van der Waals surface area (Å²) < 4.78 is 6.12. The molecule has 1 saturated heterocycles. The molecule has 0 saturated carbocycles. The van der Waals surface area contributed by atoms with Crippen molar-refractivity contribution in [2.45, 2.75) is 13.8 Å². The highest BCUT2D eigenvalue weighted by molar-refractivity contribution is 6.07. The summed E-state index contributed by atoms with van der Waals surface area (Å²) >= 11 is 0. The first-order valence-corrected chi connectivity index (χ1v) is 13.0. The fraction of sp³-hybridized carbons (Fsp3) is 0.344. The summed E-state index contributed by atoms with van der Waals surface area (Å²) in [6.45, 7) is 9.65. The molecule has 0 amide bonds. The van der Waals surface area contributed by atoms with E-state index in [-0.39, 0.29) is 5.78 Å². The Morgan fingerprint density at radius 3 is 2.35 bits per heavy atom. The normalized spacial score (nSPS) is 14.5. The molecule has 5 heteroatoms. The predicted octanol–water partition coefficient (Wildman–Crippen LogP) is 5.56. The molecule has 0 radical (unpaired) electrons. The zero-order valence-corrected chi connectivity index (χ0v) is 22.8. The average Bonchev–Trinajstić information content (AvgIpc) is 2.87. The number of rotatable bonds is 9. The maximum absolute atomic E-state index is 13.2. The van der Waals surface area contributed by atoms with Gasteiger partial charge in [0.2, 0.25) is 0 Å². The fourth-order valence-electron chi connectivity index (χ4n) is 4.65. The lowest BCUT2D eigenvalue weighted by molar-refractivity contribution is 0.104. The van der Waals surface area contributed by atoms with E-state index < -0.39 is 0 Å². The first kappa shape index (κ1) is 26.6. The summed E-state index contributed by atoms with van der Waals surface area (Å²) in [5, 5.41) is 0. The Bertz CT molecular complexity index is 1240. The summed E-state index contributed by atoms with van der Waals surface area (Å²) in [5.74, 6) is 0.775. The first-order chi connectivity index (χ1) is 17.8. The molecule has 0 spiro atoms. The van der Waals surface area contributed by atoms with Crippen LogP contribution in [0.1, 0.15) is 27.0 Å². The van der Waals surface area contributed by atoms with Crippen molar-refractivity contribution >= 4 is 17.5 Å². The second-order valence-electron chi connectivity index (χ2n) is 10.3. The predicted molar refractivity (Wildman–Crippen MR) is 155 cm³/mol. The standard InChI is InChI=1S/C32H39N3O2/c1-24-19-25(2)21-29(20-24)26-10-12-32(37-18-17-33(3)4)28(22-26)9-11-31(36)27-7-6-8-30(23-27)35-15-13-34(5)14-16-35/h6-12,19-23H,13-18H2,1-5H3. The molecule has 37 heavy (non-hydrogen) atoms. The molecular weight excluding hydrogens is 458 g/mol. The highest BCUT2D eigenvalue weighted by Gasteiger charge is 2.15. The van der Waals surface area contributed by atoms with Crippen LogP contribution >= 0.6 is 0 Å². The van der Waals surface area contributed by atoms with Crippen molar-refractivity contribution in [3.05, 3.63) is 89.0 Å². The topological polar surface area (TPSA) is 36.0 Å². The van der Waals surface area contributed by atoms with Crippen LogP contribution in [0.15, 0.2) is 66.7 Å². The van der Waals surface area contributed by atoms with Crippen LogP contribution in [-0.2, 0) is 0 Å². The van der Waals surface area contributed by atoms with Crippen molar-refractivity contribution in [1.82, 2.24) is 9.80 Å². The third kappa shape index (κ3) is 7.31. The van der Waals surface area contributed by atoms with E-state index in [1.165, 1.54) is 11.1 Å². The molecule has 0 atom stereocenters.